The average molecular weight is 340 g/mol. The van der Waals surface area contributed by atoms with Gasteiger partial charge in [-0.15, -0.1) is 0 Å². The molecule has 0 saturated carbocycles. The van der Waals surface area contributed by atoms with Crippen molar-refractivity contribution in [2.75, 3.05) is 13.1 Å². The van der Waals surface area contributed by atoms with Crippen molar-refractivity contribution in [3.63, 3.8) is 0 Å². The Morgan fingerprint density at radius 1 is 0.750 bits per heavy atom. The Balaban J connectivity index is 3.42. The molecule has 3 nitrogen and oxygen atoms in total. The Morgan fingerprint density at radius 3 is 1.67 bits per heavy atom. The maximum absolute atomic E-state index is 5.97. The highest BCUT2D eigenvalue weighted by Gasteiger charge is 2.03. The molecular weight excluding hydrogens is 294 g/mol. The molecule has 144 valence electrons. The van der Waals surface area contributed by atoms with Gasteiger partial charge in [0.1, 0.15) is 5.84 Å². The number of aliphatic imine (C=N–C) groups is 1. The molecule has 0 aromatic carbocycles. The Hall–Kier alpha value is -0.570. The molecule has 0 amide bonds. The van der Waals surface area contributed by atoms with Gasteiger partial charge in [-0.2, -0.15) is 0 Å². The van der Waals surface area contributed by atoms with E-state index in [2.05, 4.69) is 24.2 Å². The van der Waals surface area contributed by atoms with Crippen molar-refractivity contribution in [3.8, 4) is 0 Å². The minimum absolute atomic E-state index is 0.0270. The molecule has 0 aromatic rings. The molecule has 0 radical (unpaired) electrons. The highest BCUT2D eigenvalue weighted by Crippen LogP contribution is 2.11. The fourth-order valence-electron chi connectivity index (χ4n) is 2.91. The summed E-state index contributed by atoms with van der Waals surface area (Å²) in [5, 5.41) is 3.39. The van der Waals surface area contributed by atoms with E-state index < -0.39 is 0 Å². The van der Waals surface area contributed by atoms with Gasteiger partial charge in [-0.25, -0.2) is 0 Å². The Labute approximate surface area is 152 Å². The molecular formula is C21H45N3. The summed E-state index contributed by atoms with van der Waals surface area (Å²) in [5.41, 5.74) is 5.97. The second kappa shape index (κ2) is 18.8. The lowest BCUT2D eigenvalue weighted by atomic mass is 10.1. The molecule has 0 heterocycles. The summed E-state index contributed by atoms with van der Waals surface area (Å²) >= 11 is 0. The van der Waals surface area contributed by atoms with Crippen molar-refractivity contribution in [2.45, 2.75) is 117 Å². The van der Waals surface area contributed by atoms with Crippen molar-refractivity contribution < 1.29 is 0 Å². The standard InChI is InChI=1S/C21H45N3/c1-4-6-8-9-10-11-12-13-14-15-16-17-19-24-21(20(3)22)23-18-7-5-2/h20H,4-19,22H2,1-3H3,(H,23,24). The van der Waals surface area contributed by atoms with Crippen LogP contribution in [-0.4, -0.2) is 25.0 Å². The Bertz CT molecular complexity index is 274. The number of nitrogens with one attached hydrogen (secondary N) is 1. The van der Waals surface area contributed by atoms with Crippen LogP contribution in [0.4, 0.5) is 0 Å². The number of hydrogen-bond donors (Lipinski definition) is 2. The van der Waals surface area contributed by atoms with Crippen LogP contribution in [0.1, 0.15) is 111 Å². The normalized spacial score (nSPS) is 13.2. The highest BCUT2D eigenvalue weighted by atomic mass is 15.0. The van der Waals surface area contributed by atoms with Crippen LogP contribution in [0.5, 0.6) is 0 Å². The number of rotatable bonds is 17. The first kappa shape index (κ1) is 23.4. The van der Waals surface area contributed by atoms with Crippen LogP contribution in [0.15, 0.2) is 4.99 Å². The van der Waals surface area contributed by atoms with Crippen molar-refractivity contribution in [3.05, 3.63) is 0 Å². The van der Waals surface area contributed by atoms with Gasteiger partial charge in [-0.1, -0.05) is 90.9 Å². The zero-order valence-electron chi connectivity index (χ0n) is 16.9. The lowest BCUT2D eigenvalue weighted by Crippen LogP contribution is -2.39. The maximum Gasteiger partial charge on any atom is 0.113 e. The molecule has 0 saturated heterocycles. The number of amidine groups is 1. The van der Waals surface area contributed by atoms with Crippen LogP contribution in [0.25, 0.3) is 0 Å². The summed E-state index contributed by atoms with van der Waals surface area (Å²) < 4.78 is 0. The van der Waals surface area contributed by atoms with Gasteiger partial charge >= 0.3 is 0 Å². The molecule has 0 aliphatic rings. The van der Waals surface area contributed by atoms with Gasteiger partial charge in [0.25, 0.3) is 0 Å². The summed E-state index contributed by atoms with van der Waals surface area (Å²) in [4.78, 5) is 4.66. The third kappa shape index (κ3) is 16.3. The molecule has 24 heavy (non-hydrogen) atoms. The van der Waals surface area contributed by atoms with Crippen LogP contribution in [0.3, 0.4) is 0 Å². The van der Waals surface area contributed by atoms with Gasteiger partial charge in [0.15, 0.2) is 0 Å². The number of hydrogen-bond acceptors (Lipinski definition) is 2. The van der Waals surface area contributed by atoms with Crippen LogP contribution in [0, 0.1) is 0 Å². The van der Waals surface area contributed by atoms with Gasteiger partial charge in [-0.05, 0) is 19.8 Å². The number of unbranched alkanes of at least 4 members (excludes halogenated alkanes) is 12. The van der Waals surface area contributed by atoms with E-state index in [1.54, 1.807) is 0 Å². The molecule has 0 fully saturated rings. The van der Waals surface area contributed by atoms with E-state index in [9.17, 15) is 0 Å². The van der Waals surface area contributed by atoms with Gasteiger partial charge in [0, 0.05) is 13.1 Å². The van der Waals surface area contributed by atoms with Crippen molar-refractivity contribution in [2.24, 2.45) is 10.7 Å². The Kier molecular flexibility index (Phi) is 18.3. The lowest BCUT2D eigenvalue weighted by Gasteiger charge is -2.13. The molecule has 0 bridgehead atoms. The second-order valence-corrected chi connectivity index (χ2v) is 7.23. The SMILES string of the molecule is CCCCCCCCCCCCCCN=C(NCCCC)C(C)N. The lowest BCUT2D eigenvalue weighted by molar-refractivity contribution is 0.545. The van der Waals surface area contributed by atoms with Gasteiger partial charge < -0.3 is 11.1 Å². The average Bonchev–Trinajstić information content (AvgIpc) is 2.57. The molecule has 0 rings (SSSR count). The maximum atomic E-state index is 5.97. The fourth-order valence-corrected chi connectivity index (χ4v) is 2.91. The fraction of sp³-hybridized carbons (Fsp3) is 0.952. The molecule has 1 unspecified atom stereocenters. The van der Waals surface area contributed by atoms with Crippen molar-refractivity contribution in [1.29, 1.82) is 0 Å². The summed E-state index contributed by atoms with van der Waals surface area (Å²) in [7, 11) is 0. The van der Waals surface area contributed by atoms with E-state index in [-0.39, 0.29) is 6.04 Å². The number of nitrogens with zero attached hydrogens (tertiary/aromatic N) is 1. The monoisotopic (exact) mass is 339 g/mol. The largest absolute Gasteiger partial charge is 0.373 e. The predicted octanol–water partition coefficient (Wildman–Crippen LogP) is 5.82. The first-order valence-electron chi connectivity index (χ1n) is 10.8. The minimum atomic E-state index is 0.0270. The van der Waals surface area contributed by atoms with E-state index >= 15 is 0 Å². The van der Waals surface area contributed by atoms with E-state index in [1.165, 1.54) is 89.9 Å². The van der Waals surface area contributed by atoms with Gasteiger partial charge in [0.2, 0.25) is 0 Å². The van der Waals surface area contributed by atoms with Crippen LogP contribution >= 0.6 is 0 Å². The zero-order valence-corrected chi connectivity index (χ0v) is 16.9. The first-order valence-corrected chi connectivity index (χ1v) is 10.8. The predicted molar refractivity (Wildman–Crippen MR) is 110 cm³/mol. The summed E-state index contributed by atoms with van der Waals surface area (Å²) in [5.74, 6) is 0.992. The third-order valence-corrected chi connectivity index (χ3v) is 4.56. The van der Waals surface area contributed by atoms with E-state index in [0.717, 1.165) is 18.9 Å². The smallest absolute Gasteiger partial charge is 0.113 e. The van der Waals surface area contributed by atoms with Crippen molar-refractivity contribution >= 4 is 5.84 Å². The molecule has 0 aromatic heterocycles. The third-order valence-electron chi connectivity index (χ3n) is 4.56. The summed E-state index contributed by atoms with van der Waals surface area (Å²) in [6.07, 6.45) is 19.0. The van der Waals surface area contributed by atoms with E-state index in [4.69, 9.17) is 5.73 Å². The van der Waals surface area contributed by atoms with Crippen molar-refractivity contribution in [1.82, 2.24) is 5.32 Å². The van der Waals surface area contributed by atoms with E-state index in [0.29, 0.717) is 0 Å². The highest BCUT2D eigenvalue weighted by molar-refractivity contribution is 5.86. The molecule has 0 aliphatic carbocycles. The second-order valence-electron chi connectivity index (χ2n) is 7.23. The van der Waals surface area contributed by atoms with Crippen LogP contribution in [-0.2, 0) is 0 Å². The van der Waals surface area contributed by atoms with Gasteiger partial charge in [-0.3, -0.25) is 4.99 Å². The number of nitrogens with two attached hydrogens (primary N) is 1. The van der Waals surface area contributed by atoms with E-state index in [1.807, 2.05) is 6.92 Å². The molecule has 1 atom stereocenters. The van der Waals surface area contributed by atoms with Crippen LogP contribution < -0.4 is 11.1 Å². The minimum Gasteiger partial charge on any atom is -0.373 e. The molecule has 0 spiro atoms. The topological polar surface area (TPSA) is 50.4 Å². The van der Waals surface area contributed by atoms with Gasteiger partial charge in [0.05, 0.1) is 6.04 Å². The quantitative estimate of drug-likeness (QED) is 0.199. The molecule has 0 aliphatic heterocycles. The zero-order chi connectivity index (χ0) is 17.9. The molecule has 3 N–H and O–H groups in total. The Morgan fingerprint density at radius 2 is 1.21 bits per heavy atom. The summed E-state index contributed by atoms with van der Waals surface area (Å²) in [6.45, 7) is 8.42. The van der Waals surface area contributed by atoms with Crippen LogP contribution in [0.2, 0.25) is 0 Å². The first-order chi connectivity index (χ1) is 11.7. The summed E-state index contributed by atoms with van der Waals surface area (Å²) in [6, 6.07) is 0.0270. The molecule has 3 heteroatoms.